The second-order valence-corrected chi connectivity index (χ2v) is 11.7. The van der Waals surface area contributed by atoms with Crippen LogP contribution in [0.2, 0.25) is 0 Å². The van der Waals surface area contributed by atoms with Gasteiger partial charge < -0.3 is 29.0 Å². The Morgan fingerprint density at radius 1 is 1.12 bits per heavy atom. The maximum atomic E-state index is 13.3. The Hall–Kier alpha value is -3.23. The zero-order valence-electron chi connectivity index (χ0n) is 23.6. The van der Waals surface area contributed by atoms with E-state index in [0.29, 0.717) is 43.4 Å². The summed E-state index contributed by atoms with van der Waals surface area (Å²) >= 11 is 0. The second kappa shape index (κ2) is 10.8. The molecular weight excluding hydrogens is 559 g/mol. The molecule has 5 atom stereocenters. The van der Waals surface area contributed by atoms with Gasteiger partial charge in [-0.15, -0.1) is 10.2 Å². The SMILES string of the molecule is CC(C(=O)O)C1O[C@H](COc2ccc(C3CCN(C4=Nn5c(nnc5C(F)(F)F)CC4)CC3)cc2)[C@H]2OC(C)(C)O[C@@H]12. The van der Waals surface area contributed by atoms with E-state index in [4.69, 9.17) is 18.9 Å². The van der Waals surface area contributed by atoms with Gasteiger partial charge in [0.2, 0.25) is 0 Å². The van der Waals surface area contributed by atoms with Crippen LogP contribution in [0.15, 0.2) is 29.4 Å². The average Bonchev–Trinajstić information content (AvgIpc) is 3.62. The van der Waals surface area contributed by atoms with Gasteiger partial charge in [0, 0.05) is 25.9 Å². The topological polar surface area (TPSA) is 121 Å². The van der Waals surface area contributed by atoms with Gasteiger partial charge >= 0.3 is 12.1 Å². The van der Waals surface area contributed by atoms with Crippen LogP contribution in [0.1, 0.15) is 63.2 Å². The number of aromatic nitrogens is 3. The molecular formula is C28H34F3N5O6. The standard InChI is InChI=1S/C28H34F3N5O6/c1-15(25(37)38)22-24-23(41-27(2,3)42-24)19(40-22)14-39-18-6-4-16(5-7-18)17-10-12-35(13-11-17)21-9-8-20-32-33-26(28(29,30)31)36(20)34-21/h4-7,15,17,19,22-24H,8-14H2,1-3H3,(H,37,38)/t15?,19-,22?,23-,24+/m1/s1. The normalized spacial score (nSPS) is 28.2. The monoisotopic (exact) mass is 593 g/mol. The fourth-order valence-electron chi connectivity index (χ4n) is 6.24. The molecule has 1 N–H and O–H groups in total. The third kappa shape index (κ3) is 5.59. The quantitative estimate of drug-likeness (QED) is 0.535. The summed E-state index contributed by atoms with van der Waals surface area (Å²) in [6.45, 7) is 6.77. The third-order valence-electron chi connectivity index (χ3n) is 8.44. The lowest BCUT2D eigenvalue weighted by Gasteiger charge is -2.35. The van der Waals surface area contributed by atoms with Crippen LogP contribution in [0.25, 0.3) is 0 Å². The van der Waals surface area contributed by atoms with Crippen LogP contribution in [-0.4, -0.2) is 86.6 Å². The van der Waals surface area contributed by atoms with Crippen molar-refractivity contribution in [2.45, 2.75) is 88.8 Å². The van der Waals surface area contributed by atoms with Gasteiger partial charge in [0.05, 0.1) is 5.92 Å². The highest BCUT2D eigenvalue weighted by molar-refractivity contribution is 5.83. The highest BCUT2D eigenvalue weighted by Crippen LogP contribution is 2.41. The number of piperidine rings is 1. The van der Waals surface area contributed by atoms with Crippen LogP contribution < -0.4 is 4.74 Å². The van der Waals surface area contributed by atoms with E-state index < -0.39 is 54.1 Å². The molecule has 2 aromatic rings. The van der Waals surface area contributed by atoms with Gasteiger partial charge in [-0.2, -0.15) is 22.9 Å². The van der Waals surface area contributed by atoms with E-state index in [1.54, 1.807) is 20.8 Å². The Morgan fingerprint density at radius 3 is 2.48 bits per heavy atom. The van der Waals surface area contributed by atoms with Crippen LogP contribution >= 0.6 is 0 Å². The molecule has 0 radical (unpaired) electrons. The van der Waals surface area contributed by atoms with Crippen LogP contribution in [0.4, 0.5) is 13.2 Å². The number of amidine groups is 1. The number of hydrogen-bond acceptors (Lipinski definition) is 9. The first-order chi connectivity index (χ1) is 19.9. The number of carboxylic acids is 1. The molecule has 11 nitrogen and oxygen atoms in total. The maximum Gasteiger partial charge on any atom is 0.453 e. The summed E-state index contributed by atoms with van der Waals surface area (Å²) in [6, 6.07) is 7.86. The Bertz CT molecular complexity index is 1340. The number of ether oxygens (including phenoxy) is 4. The molecule has 3 saturated heterocycles. The summed E-state index contributed by atoms with van der Waals surface area (Å²) in [4.78, 5) is 13.7. The van der Waals surface area contributed by atoms with Gasteiger partial charge in [0.15, 0.2) is 11.6 Å². The van der Waals surface area contributed by atoms with Crippen molar-refractivity contribution in [2.75, 3.05) is 19.7 Å². The van der Waals surface area contributed by atoms with Crippen molar-refractivity contribution in [1.29, 1.82) is 0 Å². The number of alkyl halides is 3. The highest BCUT2D eigenvalue weighted by Gasteiger charge is 2.57. The van der Waals surface area contributed by atoms with Crippen molar-refractivity contribution >= 4 is 11.8 Å². The summed E-state index contributed by atoms with van der Waals surface area (Å²) < 4.78 is 64.7. The number of nitrogens with zero attached hydrogens (tertiary/aromatic N) is 5. The van der Waals surface area contributed by atoms with Crippen LogP contribution in [0.3, 0.4) is 0 Å². The molecule has 1 aromatic heterocycles. The van der Waals surface area contributed by atoms with Gasteiger partial charge in [-0.25, -0.2) is 0 Å². The van der Waals surface area contributed by atoms with Crippen molar-refractivity contribution in [2.24, 2.45) is 11.0 Å². The largest absolute Gasteiger partial charge is 0.491 e. The molecule has 0 spiro atoms. The summed E-state index contributed by atoms with van der Waals surface area (Å²) in [6.07, 6.45) is -4.05. The van der Waals surface area contributed by atoms with Crippen LogP contribution in [-0.2, 0) is 31.6 Å². The average molecular weight is 594 g/mol. The minimum Gasteiger partial charge on any atom is -0.491 e. The molecule has 0 aliphatic carbocycles. The summed E-state index contributed by atoms with van der Waals surface area (Å²) in [5.74, 6) is -1.81. The molecule has 0 saturated carbocycles. The molecule has 3 fully saturated rings. The second-order valence-electron chi connectivity index (χ2n) is 11.7. The predicted octanol–water partition coefficient (Wildman–Crippen LogP) is 3.67. The number of hydrogen-bond donors (Lipinski definition) is 1. The summed E-state index contributed by atoms with van der Waals surface area (Å²) in [7, 11) is 0. The molecule has 4 aliphatic rings. The van der Waals surface area contributed by atoms with E-state index in [-0.39, 0.29) is 12.4 Å². The van der Waals surface area contributed by atoms with E-state index in [2.05, 4.69) is 20.2 Å². The zero-order valence-corrected chi connectivity index (χ0v) is 23.6. The number of fused-ring (bicyclic) bond motifs is 2. The van der Waals surface area contributed by atoms with Gasteiger partial charge in [-0.3, -0.25) is 4.79 Å². The zero-order chi connectivity index (χ0) is 29.8. The first kappa shape index (κ1) is 28.9. The molecule has 6 rings (SSSR count). The lowest BCUT2D eigenvalue weighted by molar-refractivity contribution is -0.197. The smallest absolute Gasteiger partial charge is 0.453 e. The number of halogens is 3. The van der Waals surface area contributed by atoms with Crippen molar-refractivity contribution in [3.05, 3.63) is 41.5 Å². The Morgan fingerprint density at radius 2 is 1.81 bits per heavy atom. The molecule has 2 unspecified atom stereocenters. The van der Waals surface area contributed by atoms with Crippen molar-refractivity contribution < 1.29 is 42.0 Å². The van der Waals surface area contributed by atoms with Gasteiger partial charge in [0.1, 0.15) is 42.6 Å². The van der Waals surface area contributed by atoms with Crippen molar-refractivity contribution in [3.8, 4) is 5.75 Å². The maximum absolute atomic E-state index is 13.3. The molecule has 42 heavy (non-hydrogen) atoms. The molecule has 1 aromatic carbocycles. The number of aliphatic carboxylic acids is 1. The minimum atomic E-state index is -4.61. The summed E-state index contributed by atoms with van der Waals surface area (Å²) in [5, 5.41) is 20.7. The highest BCUT2D eigenvalue weighted by atomic mass is 19.4. The molecule has 0 amide bonds. The molecule has 228 valence electrons. The minimum absolute atomic E-state index is 0.188. The first-order valence-corrected chi connectivity index (χ1v) is 14.2. The third-order valence-corrected chi connectivity index (χ3v) is 8.44. The van der Waals surface area contributed by atoms with E-state index in [1.165, 1.54) is 0 Å². The van der Waals surface area contributed by atoms with E-state index >= 15 is 0 Å². The van der Waals surface area contributed by atoms with E-state index in [1.807, 2.05) is 24.3 Å². The van der Waals surface area contributed by atoms with Crippen molar-refractivity contribution in [1.82, 2.24) is 19.8 Å². The lowest BCUT2D eigenvalue weighted by atomic mass is 9.89. The summed E-state index contributed by atoms with van der Waals surface area (Å²) in [5.41, 5.74) is 1.16. The number of carboxylic acid groups (broad SMARTS) is 1. The molecule has 5 heterocycles. The number of benzene rings is 1. The Labute approximate surface area is 240 Å². The fraction of sp³-hybridized carbons (Fsp3) is 0.643. The van der Waals surface area contributed by atoms with Gasteiger partial charge in [-0.05, 0) is 57.2 Å². The van der Waals surface area contributed by atoms with E-state index in [0.717, 1.165) is 23.1 Å². The Balaban J connectivity index is 1.04. The van der Waals surface area contributed by atoms with Crippen LogP contribution in [0, 0.1) is 5.92 Å². The van der Waals surface area contributed by atoms with Crippen molar-refractivity contribution in [3.63, 3.8) is 0 Å². The molecule has 4 aliphatic heterocycles. The molecule has 14 heteroatoms. The molecule has 0 bridgehead atoms. The number of rotatable bonds is 6. The predicted molar refractivity (Wildman–Crippen MR) is 141 cm³/mol. The van der Waals surface area contributed by atoms with Gasteiger partial charge in [-0.1, -0.05) is 12.1 Å². The van der Waals surface area contributed by atoms with Crippen LogP contribution in [0.5, 0.6) is 5.75 Å². The number of aryl methyl sites for hydroxylation is 1. The van der Waals surface area contributed by atoms with E-state index in [9.17, 15) is 23.1 Å². The van der Waals surface area contributed by atoms with Gasteiger partial charge in [0.25, 0.3) is 5.82 Å². The number of likely N-dealkylation sites (tertiary alicyclic amines) is 1. The lowest BCUT2D eigenvalue weighted by Crippen LogP contribution is -2.40. The fourth-order valence-corrected chi connectivity index (χ4v) is 6.24. The first-order valence-electron chi connectivity index (χ1n) is 14.2. The Kier molecular flexibility index (Phi) is 7.42. The number of carbonyl (C=O) groups is 1.